The van der Waals surface area contributed by atoms with Crippen LogP contribution in [0, 0.1) is 13.8 Å². The topological polar surface area (TPSA) is 41.2 Å². The van der Waals surface area contributed by atoms with Crippen molar-refractivity contribution in [2.45, 2.75) is 32.7 Å². The first kappa shape index (κ1) is 15.3. The number of benzene rings is 1. The molecule has 4 nitrogen and oxygen atoms in total. The molecule has 1 fully saturated rings. The number of ether oxygens (including phenoxy) is 1. The lowest BCUT2D eigenvalue weighted by atomic mass is 10.1. The lowest BCUT2D eigenvalue weighted by Crippen LogP contribution is -2.48. The molecule has 7 heteroatoms. The third kappa shape index (κ3) is 2.96. The number of halogens is 3. The third-order valence-electron chi connectivity index (χ3n) is 4.12. The van der Waals surface area contributed by atoms with Gasteiger partial charge in [0.15, 0.2) is 6.10 Å². The maximum Gasteiger partial charge on any atom is 0.415 e. The van der Waals surface area contributed by atoms with E-state index in [1.165, 1.54) is 0 Å². The van der Waals surface area contributed by atoms with E-state index in [1.54, 1.807) is 4.90 Å². The summed E-state index contributed by atoms with van der Waals surface area (Å²) in [5.41, 5.74) is 4.04. The smallest absolute Gasteiger partial charge is 0.366 e. The minimum absolute atomic E-state index is 0.0859. The molecule has 2 heterocycles. The van der Waals surface area contributed by atoms with Crippen LogP contribution in [0.5, 0.6) is 0 Å². The molecule has 0 amide bonds. The highest BCUT2D eigenvalue weighted by Gasteiger charge is 2.43. The van der Waals surface area contributed by atoms with Gasteiger partial charge in [0.1, 0.15) is 5.82 Å². The normalized spacial score (nSPS) is 20.7. The van der Waals surface area contributed by atoms with Crippen molar-refractivity contribution >= 4 is 11.0 Å². The van der Waals surface area contributed by atoms with Crippen LogP contribution in [-0.2, 0) is 11.3 Å². The number of imidazole rings is 1. The van der Waals surface area contributed by atoms with Gasteiger partial charge < -0.3 is 9.72 Å². The number of H-pyrrole nitrogens is 1. The summed E-state index contributed by atoms with van der Waals surface area (Å²) in [6.07, 6.45) is -6.03. The lowest BCUT2D eigenvalue weighted by Gasteiger charge is -2.33. The average molecular weight is 313 g/mol. The summed E-state index contributed by atoms with van der Waals surface area (Å²) >= 11 is 0. The van der Waals surface area contributed by atoms with Crippen LogP contribution in [0.4, 0.5) is 13.2 Å². The van der Waals surface area contributed by atoms with Gasteiger partial charge in [-0.1, -0.05) is 6.07 Å². The Hall–Kier alpha value is -1.60. The SMILES string of the molecule is Cc1ccc2[nH]c(CN3CCOC(C(F)(F)F)C3)nc2c1C. The maximum absolute atomic E-state index is 12.7. The maximum atomic E-state index is 12.7. The zero-order chi connectivity index (χ0) is 15.9. The fourth-order valence-corrected chi connectivity index (χ4v) is 2.70. The van der Waals surface area contributed by atoms with E-state index in [0.717, 1.165) is 22.2 Å². The van der Waals surface area contributed by atoms with E-state index in [1.807, 2.05) is 26.0 Å². The summed E-state index contributed by atoms with van der Waals surface area (Å²) < 4.78 is 43.0. The predicted molar refractivity (Wildman–Crippen MR) is 76.6 cm³/mol. The Bertz CT molecular complexity index is 680. The van der Waals surface area contributed by atoms with Crippen LogP contribution in [0.15, 0.2) is 12.1 Å². The van der Waals surface area contributed by atoms with Crippen molar-refractivity contribution in [3.05, 3.63) is 29.1 Å². The molecule has 1 unspecified atom stereocenters. The van der Waals surface area contributed by atoms with Crippen LogP contribution in [0.1, 0.15) is 17.0 Å². The molecule has 1 aromatic heterocycles. The van der Waals surface area contributed by atoms with Crippen molar-refractivity contribution in [3.8, 4) is 0 Å². The quantitative estimate of drug-likeness (QED) is 0.927. The van der Waals surface area contributed by atoms with Gasteiger partial charge in [-0.25, -0.2) is 4.98 Å². The molecular weight excluding hydrogens is 295 g/mol. The highest BCUT2D eigenvalue weighted by molar-refractivity contribution is 5.79. The number of nitrogens with zero attached hydrogens (tertiary/aromatic N) is 2. The van der Waals surface area contributed by atoms with Gasteiger partial charge in [0.2, 0.25) is 0 Å². The van der Waals surface area contributed by atoms with E-state index in [4.69, 9.17) is 4.74 Å². The Kier molecular flexibility index (Phi) is 3.86. The van der Waals surface area contributed by atoms with Crippen molar-refractivity contribution in [1.29, 1.82) is 0 Å². The molecule has 1 N–H and O–H groups in total. The van der Waals surface area contributed by atoms with E-state index in [2.05, 4.69) is 9.97 Å². The fourth-order valence-electron chi connectivity index (χ4n) is 2.70. The largest absolute Gasteiger partial charge is 0.415 e. The summed E-state index contributed by atoms with van der Waals surface area (Å²) in [6.45, 7) is 4.78. The monoisotopic (exact) mass is 313 g/mol. The van der Waals surface area contributed by atoms with Crippen LogP contribution in [-0.4, -0.2) is 46.8 Å². The number of aromatic nitrogens is 2. The molecule has 0 bridgehead atoms. The number of aromatic amines is 1. The van der Waals surface area contributed by atoms with Crippen LogP contribution in [0.25, 0.3) is 11.0 Å². The lowest BCUT2D eigenvalue weighted by molar-refractivity contribution is -0.237. The van der Waals surface area contributed by atoms with Gasteiger partial charge in [0.25, 0.3) is 0 Å². The number of aryl methyl sites for hydroxylation is 2. The second kappa shape index (κ2) is 5.55. The minimum atomic E-state index is -4.32. The Labute approximate surface area is 126 Å². The molecular formula is C15H18F3N3O. The van der Waals surface area contributed by atoms with Gasteiger partial charge in [-0.05, 0) is 31.0 Å². The van der Waals surface area contributed by atoms with Gasteiger partial charge >= 0.3 is 6.18 Å². The van der Waals surface area contributed by atoms with Crippen molar-refractivity contribution in [1.82, 2.24) is 14.9 Å². The van der Waals surface area contributed by atoms with Gasteiger partial charge in [-0.3, -0.25) is 4.90 Å². The number of alkyl halides is 3. The summed E-state index contributed by atoms with van der Waals surface area (Å²) in [4.78, 5) is 9.45. The van der Waals surface area contributed by atoms with Gasteiger partial charge in [0, 0.05) is 13.1 Å². The highest BCUT2D eigenvalue weighted by atomic mass is 19.4. The first-order valence-corrected chi connectivity index (χ1v) is 7.20. The summed E-state index contributed by atoms with van der Waals surface area (Å²) in [5.74, 6) is 0.687. The Morgan fingerprint density at radius 1 is 1.36 bits per heavy atom. The van der Waals surface area contributed by atoms with Crippen LogP contribution in [0.2, 0.25) is 0 Å². The van der Waals surface area contributed by atoms with Crippen molar-refractivity contribution in [3.63, 3.8) is 0 Å². The minimum Gasteiger partial charge on any atom is -0.366 e. The summed E-state index contributed by atoms with van der Waals surface area (Å²) in [5, 5.41) is 0. The molecule has 1 aromatic carbocycles. The molecule has 120 valence electrons. The molecule has 1 atom stereocenters. The number of rotatable bonds is 2. The molecule has 0 radical (unpaired) electrons. The molecule has 1 aliphatic rings. The zero-order valence-electron chi connectivity index (χ0n) is 12.5. The predicted octanol–water partition coefficient (Wildman–Crippen LogP) is 2.94. The van der Waals surface area contributed by atoms with Gasteiger partial charge in [-0.15, -0.1) is 0 Å². The second-order valence-electron chi connectivity index (χ2n) is 5.72. The summed E-state index contributed by atoms with van der Waals surface area (Å²) in [6, 6.07) is 3.96. The van der Waals surface area contributed by atoms with Crippen LogP contribution >= 0.6 is 0 Å². The molecule has 3 rings (SSSR count). The zero-order valence-corrected chi connectivity index (χ0v) is 12.5. The Balaban J connectivity index is 1.77. The fraction of sp³-hybridized carbons (Fsp3) is 0.533. The first-order chi connectivity index (χ1) is 10.3. The van der Waals surface area contributed by atoms with Gasteiger partial charge in [-0.2, -0.15) is 13.2 Å². The van der Waals surface area contributed by atoms with Gasteiger partial charge in [0.05, 0.1) is 24.2 Å². The molecule has 1 aliphatic heterocycles. The van der Waals surface area contributed by atoms with E-state index in [0.29, 0.717) is 18.9 Å². The molecule has 22 heavy (non-hydrogen) atoms. The number of nitrogens with one attached hydrogen (secondary N) is 1. The molecule has 0 saturated carbocycles. The van der Waals surface area contributed by atoms with E-state index < -0.39 is 12.3 Å². The summed E-state index contributed by atoms with van der Waals surface area (Å²) in [7, 11) is 0. The number of morpholine rings is 1. The third-order valence-corrected chi connectivity index (χ3v) is 4.12. The van der Waals surface area contributed by atoms with Crippen molar-refractivity contribution in [2.24, 2.45) is 0 Å². The van der Waals surface area contributed by atoms with Crippen molar-refractivity contribution in [2.75, 3.05) is 19.7 Å². The number of hydrogen-bond acceptors (Lipinski definition) is 3. The Morgan fingerprint density at radius 2 is 2.14 bits per heavy atom. The molecule has 1 saturated heterocycles. The average Bonchev–Trinajstić information content (AvgIpc) is 2.86. The Morgan fingerprint density at radius 3 is 2.86 bits per heavy atom. The number of hydrogen-bond donors (Lipinski definition) is 1. The standard InChI is InChI=1S/C15H18F3N3O/c1-9-3-4-11-14(10(9)2)20-13(19-11)8-21-5-6-22-12(7-21)15(16,17)18/h3-4,12H,5-8H2,1-2H3,(H,19,20). The van der Waals surface area contributed by atoms with Crippen LogP contribution in [0.3, 0.4) is 0 Å². The van der Waals surface area contributed by atoms with Crippen molar-refractivity contribution < 1.29 is 17.9 Å². The van der Waals surface area contributed by atoms with E-state index >= 15 is 0 Å². The number of fused-ring (bicyclic) bond motifs is 1. The van der Waals surface area contributed by atoms with E-state index in [9.17, 15) is 13.2 Å². The van der Waals surface area contributed by atoms with E-state index in [-0.39, 0.29) is 13.2 Å². The molecule has 0 spiro atoms. The molecule has 2 aromatic rings. The van der Waals surface area contributed by atoms with Crippen LogP contribution < -0.4 is 0 Å². The second-order valence-corrected chi connectivity index (χ2v) is 5.72. The first-order valence-electron chi connectivity index (χ1n) is 7.20. The molecule has 0 aliphatic carbocycles. The highest BCUT2D eigenvalue weighted by Crippen LogP contribution is 2.26.